The van der Waals surface area contributed by atoms with E-state index >= 15 is 0 Å². The van der Waals surface area contributed by atoms with Crippen molar-refractivity contribution in [1.29, 1.82) is 0 Å². The number of hydrogen-bond acceptors (Lipinski definition) is 4. The fraction of sp³-hybridized carbons (Fsp3) is 0.375. The van der Waals surface area contributed by atoms with Crippen LogP contribution in [0.1, 0.15) is 0 Å². The highest BCUT2D eigenvalue weighted by Gasteiger charge is 2.04. The van der Waals surface area contributed by atoms with Crippen molar-refractivity contribution in [3.63, 3.8) is 0 Å². The molecule has 0 amide bonds. The van der Waals surface area contributed by atoms with Gasteiger partial charge in [0.25, 0.3) is 0 Å². The summed E-state index contributed by atoms with van der Waals surface area (Å²) in [4.78, 5) is 13.2. The summed E-state index contributed by atoms with van der Waals surface area (Å²) in [5, 5.41) is 3.89. The number of aromatic nitrogens is 4. The minimum Gasteiger partial charge on any atom is -0.397 e. The van der Waals surface area contributed by atoms with Gasteiger partial charge in [-0.3, -0.25) is 0 Å². The molecule has 0 fully saturated rings. The molecule has 0 spiro atoms. The van der Waals surface area contributed by atoms with Crippen molar-refractivity contribution >= 4 is 11.2 Å². The van der Waals surface area contributed by atoms with Crippen LogP contribution in [-0.4, -0.2) is 26.2 Å². The maximum absolute atomic E-state index is 4.75. The topological polar surface area (TPSA) is 57.2 Å². The first-order valence-electron chi connectivity index (χ1n) is 4.14. The molecule has 0 N–H and O–H groups in total. The number of hydrogen-bond donors (Lipinski definition) is 0. The number of aryl methyl sites for hydroxylation is 2. The summed E-state index contributed by atoms with van der Waals surface area (Å²) in [5.41, 5.74) is 2.19. The monoisotopic (exact) mass is 193 g/mol. The van der Waals surface area contributed by atoms with Crippen molar-refractivity contribution < 1.29 is 4.84 Å². The van der Waals surface area contributed by atoms with Gasteiger partial charge in [-0.25, -0.2) is 9.97 Å². The van der Waals surface area contributed by atoms with Gasteiger partial charge in [0.1, 0.15) is 7.11 Å². The van der Waals surface area contributed by atoms with Crippen molar-refractivity contribution in [3.8, 4) is 0 Å². The van der Waals surface area contributed by atoms with E-state index in [0.29, 0.717) is 5.49 Å². The zero-order valence-corrected chi connectivity index (χ0v) is 8.30. The van der Waals surface area contributed by atoms with Crippen LogP contribution in [0.3, 0.4) is 0 Å². The van der Waals surface area contributed by atoms with E-state index in [1.54, 1.807) is 17.2 Å². The molecular weight excluding hydrogens is 182 g/mol. The van der Waals surface area contributed by atoms with E-state index in [2.05, 4.69) is 15.1 Å². The van der Waals surface area contributed by atoms with Gasteiger partial charge >= 0.3 is 0 Å². The van der Waals surface area contributed by atoms with Crippen LogP contribution in [0.2, 0.25) is 0 Å². The van der Waals surface area contributed by atoms with E-state index in [-0.39, 0.29) is 0 Å². The highest BCUT2D eigenvalue weighted by molar-refractivity contribution is 5.68. The second kappa shape index (κ2) is 3.13. The second-order valence-electron chi connectivity index (χ2n) is 2.98. The molecule has 0 aliphatic heterocycles. The summed E-state index contributed by atoms with van der Waals surface area (Å²) in [5.74, 6) is 0. The second-order valence-corrected chi connectivity index (χ2v) is 2.98. The Bertz CT molecular complexity index is 524. The molecule has 0 radical (unpaired) electrons. The predicted molar refractivity (Wildman–Crippen MR) is 50.1 cm³/mol. The van der Waals surface area contributed by atoms with E-state index in [1.165, 1.54) is 7.11 Å². The van der Waals surface area contributed by atoms with Gasteiger partial charge in [-0.1, -0.05) is 5.16 Å². The predicted octanol–water partition coefficient (Wildman–Crippen LogP) is -0.231. The molecule has 0 aromatic carbocycles. The maximum atomic E-state index is 4.75. The molecule has 0 unspecified atom stereocenters. The highest BCUT2D eigenvalue weighted by atomic mass is 16.6. The van der Waals surface area contributed by atoms with Crippen LogP contribution in [-0.2, 0) is 18.9 Å². The molecular formula is C8H11N5O. The molecule has 6 heteroatoms. The Morgan fingerprint density at radius 3 is 2.64 bits per heavy atom. The molecule has 2 aromatic rings. The lowest BCUT2D eigenvalue weighted by molar-refractivity contribution is 0.196. The molecule has 2 aromatic heterocycles. The minimum atomic E-state index is 0.665. The standard InChI is InChI=1S/C8H11N5O/c1-12-4-9-6-7(12)10-5-13(2)8(6)11-14-3/h4-5H,1-3H3/b11-8-. The largest absolute Gasteiger partial charge is 0.397 e. The van der Waals surface area contributed by atoms with Gasteiger partial charge in [0.05, 0.1) is 12.7 Å². The normalized spacial score (nSPS) is 12.4. The number of rotatable bonds is 1. The van der Waals surface area contributed by atoms with Gasteiger partial charge in [-0.05, 0) is 0 Å². The van der Waals surface area contributed by atoms with Gasteiger partial charge in [0.15, 0.2) is 11.2 Å². The summed E-state index contributed by atoms with van der Waals surface area (Å²) < 4.78 is 3.60. The van der Waals surface area contributed by atoms with Crippen LogP contribution < -0.4 is 5.49 Å². The van der Waals surface area contributed by atoms with Gasteiger partial charge in [-0.2, -0.15) is 0 Å². The minimum absolute atomic E-state index is 0.665. The molecule has 0 aliphatic rings. The van der Waals surface area contributed by atoms with Crippen molar-refractivity contribution in [1.82, 2.24) is 19.1 Å². The SMILES string of the molecule is CO/N=c1/c2ncn(C)c2ncn1C. The molecule has 14 heavy (non-hydrogen) atoms. The van der Waals surface area contributed by atoms with Crippen molar-refractivity contribution in [3.05, 3.63) is 18.1 Å². The number of nitrogens with zero attached hydrogens (tertiary/aromatic N) is 5. The van der Waals surface area contributed by atoms with Crippen molar-refractivity contribution in [2.75, 3.05) is 7.11 Å². The smallest absolute Gasteiger partial charge is 0.202 e. The van der Waals surface area contributed by atoms with Crippen LogP contribution in [0.4, 0.5) is 0 Å². The molecule has 0 bridgehead atoms. The zero-order chi connectivity index (χ0) is 10.1. The van der Waals surface area contributed by atoms with Crippen LogP contribution >= 0.6 is 0 Å². The molecule has 0 aliphatic carbocycles. The molecule has 2 heterocycles. The number of fused-ring (bicyclic) bond motifs is 1. The van der Waals surface area contributed by atoms with E-state index in [4.69, 9.17) is 4.84 Å². The van der Waals surface area contributed by atoms with Gasteiger partial charge in [0, 0.05) is 14.1 Å². The Morgan fingerprint density at radius 2 is 1.93 bits per heavy atom. The maximum Gasteiger partial charge on any atom is 0.202 e. The van der Waals surface area contributed by atoms with E-state index < -0.39 is 0 Å². The van der Waals surface area contributed by atoms with Crippen molar-refractivity contribution in [2.24, 2.45) is 19.3 Å². The molecule has 0 atom stereocenters. The lowest BCUT2D eigenvalue weighted by atomic mass is 10.5. The Labute approximate surface area is 80.5 Å². The lowest BCUT2D eigenvalue weighted by Crippen LogP contribution is -2.19. The average Bonchev–Trinajstić information content (AvgIpc) is 2.53. The first-order valence-corrected chi connectivity index (χ1v) is 4.14. The summed E-state index contributed by atoms with van der Waals surface area (Å²) in [6.45, 7) is 0. The number of imidazole rings is 1. The molecule has 74 valence electrons. The Morgan fingerprint density at radius 1 is 1.21 bits per heavy atom. The van der Waals surface area contributed by atoms with Crippen LogP contribution in [0.25, 0.3) is 11.2 Å². The van der Waals surface area contributed by atoms with E-state index in [1.807, 2.05) is 18.7 Å². The molecule has 6 nitrogen and oxygen atoms in total. The third-order valence-corrected chi connectivity index (χ3v) is 1.98. The Hall–Kier alpha value is -1.85. The first-order chi connectivity index (χ1) is 6.74. The average molecular weight is 193 g/mol. The summed E-state index contributed by atoms with van der Waals surface area (Å²) in [7, 11) is 5.24. The molecule has 0 saturated heterocycles. The third kappa shape index (κ3) is 1.15. The fourth-order valence-corrected chi connectivity index (χ4v) is 1.29. The third-order valence-electron chi connectivity index (χ3n) is 1.98. The summed E-state index contributed by atoms with van der Waals surface area (Å²) in [6.07, 6.45) is 3.38. The summed E-state index contributed by atoms with van der Waals surface area (Å²) in [6, 6.07) is 0. The Balaban J connectivity index is 2.91. The van der Waals surface area contributed by atoms with E-state index in [9.17, 15) is 0 Å². The van der Waals surface area contributed by atoms with Crippen LogP contribution in [0.5, 0.6) is 0 Å². The molecule has 2 rings (SSSR count). The zero-order valence-electron chi connectivity index (χ0n) is 8.30. The first kappa shape index (κ1) is 8.74. The molecule has 0 saturated carbocycles. The van der Waals surface area contributed by atoms with Crippen LogP contribution in [0.15, 0.2) is 17.8 Å². The quantitative estimate of drug-likeness (QED) is 0.588. The van der Waals surface area contributed by atoms with E-state index in [0.717, 1.165) is 11.2 Å². The van der Waals surface area contributed by atoms with Crippen molar-refractivity contribution in [2.45, 2.75) is 0 Å². The van der Waals surface area contributed by atoms with Gasteiger partial charge < -0.3 is 14.0 Å². The Kier molecular flexibility index (Phi) is 1.95. The highest BCUT2D eigenvalue weighted by Crippen LogP contribution is 2.01. The fourth-order valence-electron chi connectivity index (χ4n) is 1.29. The van der Waals surface area contributed by atoms with Gasteiger partial charge in [-0.15, -0.1) is 0 Å². The van der Waals surface area contributed by atoms with Crippen LogP contribution in [0, 0.1) is 0 Å². The van der Waals surface area contributed by atoms with Gasteiger partial charge in [0.2, 0.25) is 5.49 Å². The summed E-state index contributed by atoms with van der Waals surface area (Å²) >= 11 is 0. The lowest BCUT2D eigenvalue weighted by Gasteiger charge is -1.99.